The maximum atomic E-state index is 14.2. The average molecular weight is 380 g/mol. The van der Waals surface area contributed by atoms with Crippen LogP contribution in [0, 0.1) is 0 Å². The number of pyridine rings is 2. The van der Waals surface area contributed by atoms with Gasteiger partial charge in [-0.2, -0.15) is 0 Å². The van der Waals surface area contributed by atoms with Crippen LogP contribution >= 0.6 is 0 Å². The normalized spacial score (nSPS) is 23.2. The van der Waals surface area contributed by atoms with E-state index in [4.69, 9.17) is 14.3 Å². The fourth-order valence-electron chi connectivity index (χ4n) is 3.51. The number of amides is 1. The topological polar surface area (TPSA) is 107 Å². The smallest absolute Gasteiger partial charge is 0.232 e. The molecule has 0 bridgehead atoms. The van der Waals surface area contributed by atoms with Crippen LogP contribution in [0.2, 0.25) is 0 Å². The van der Waals surface area contributed by atoms with Gasteiger partial charge in [-0.15, -0.1) is 0 Å². The third kappa shape index (κ3) is 2.20. The number of fused-ring (bicyclic) bond motifs is 2. The van der Waals surface area contributed by atoms with Crippen molar-refractivity contribution in [2.24, 2.45) is 5.73 Å². The molecule has 1 aromatic carbocycles. The molecule has 4 aromatic rings. The summed E-state index contributed by atoms with van der Waals surface area (Å²) >= 11 is 0. The number of oxazole rings is 1. The summed E-state index contributed by atoms with van der Waals surface area (Å²) < 4.78 is 42.5. The lowest BCUT2D eigenvalue weighted by Crippen LogP contribution is -2.31. The van der Waals surface area contributed by atoms with Gasteiger partial charge in [0.15, 0.2) is 5.58 Å². The van der Waals surface area contributed by atoms with E-state index in [1.54, 1.807) is 12.1 Å². The quantitative estimate of drug-likeness (QED) is 0.564. The first kappa shape index (κ1) is 13.6. The summed E-state index contributed by atoms with van der Waals surface area (Å²) in [5.41, 5.74) is 5.78. The summed E-state index contributed by atoms with van der Waals surface area (Å²) in [4.78, 5) is 24.9. The summed E-state index contributed by atoms with van der Waals surface area (Å²) in [6, 6.07) is 8.70. The highest BCUT2D eigenvalue weighted by molar-refractivity contribution is 6.02. The van der Waals surface area contributed by atoms with E-state index < -0.39 is 24.5 Å². The van der Waals surface area contributed by atoms with Gasteiger partial charge < -0.3 is 15.5 Å². The van der Waals surface area contributed by atoms with E-state index in [2.05, 4.69) is 20.3 Å². The Bertz CT molecular complexity index is 1320. The number of hydrogen-bond donors (Lipinski definition) is 2. The van der Waals surface area contributed by atoms with Gasteiger partial charge in [0.05, 0.1) is 11.3 Å². The summed E-state index contributed by atoms with van der Waals surface area (Å²) in [5, 5.41) is 3.18. The minimum atomic E-state index is -2.49. The van der Waals surface area contributed by atoms with E-state index in [1.165, 1.54) is 18.5 Å². The largest absolute Gasteiger partial charge is 0.436 e. The Morgan fingerprint density at radius 1 is 1.36 bits per heavy atom. The molecule has 0 saturated heterocycles. The summed E-state index contributed by atoms with van der Waals surface area (Å²) in [6.07, 6.45) is 1.30. The first-order valence-electron chi connectivity index (χ1n) is 10.1. The lowest BCUT2D eigenvalue weighted by molar-refractivity contribution is -0.120. The Kier molecular flexibility index (Phi) is 2.78. The van der Waals surface area contributed by atoms with E-state index >= 15 is 0 Å². The molecule has 3 heterocycles. The van der Waals surface area contributed by atoms with Crippen molar-refractivity contribution in [1.82, 2.24) is 15.0 Å². The zero-order valence-electron chi connectivity index (χ0n) is 17.4. The van der Waals surface area contributed by atoms with Crippen molar-refractivity contribution in [3.63, 3.8) is 0 Å². The van der Waals surface area contributed by atoms with Crippen molar-refractivity contribution in [3.8, 4) is 11.5 Å². The second kappa shape index (κ2) is 5.72. The summed E-state index contributed by atoms with van der Waals surface area (Å²) in [5.74, 6) is -0.489. The van der Waals surface area contributed by atoms with E-state index in [0.29, 0.717) is 27.4 Å². The number of benzene rings is 1. The van der Waals surface area contributed by atoms with Gasteiger partial charge in [-0.3, -0.25) is 9.78 Å². The van der Waals surface area contributed by atoms with Gasteiger partial charge in [0.2, 0.25) is 11.8 Å². The highest BCUT2D eigenvalue weighted by atomic mass is 19.1. The molecule has 0 radical (unpaired) electrons. The molecular formula is C20H16FN5O2. The molecule has 0 aliphatic heterocycles. The monoisotopic (exact) mass is 380 g/mol. The zero-order chi connectivity index (χ0) is 22.0. The molecule has 5 rings (SSSR count). The lowest BCUT2D eigenvalue weighted by atomic mass is 9.97. The van der Waals surface area contributed by atoms with Crippen LogP contribution in [-0.2, 0) is 10.2 Å². The molecule has 28 heavy (non-hydrogen) atoms. The van der Waals surface area contributed by atoms with Crippen molar-refractivity contribution in [1.29, 1.82) is 0 Å². The molecule has 1 amide bonds. The van der Waals surface area contributed by atoms with Gasteiger partial charge >= 0.3 is 0 Å². The van der Waals surface area contributed by atoms with Crippen molar-refractivity contribution < 1.29 is 17.7 Å². The van der Waals surface area contributed by atoms with Crippen molar-refractivity contribution in [3.05, 3.63) is 48.4 Å². The number of nitrogens with two attached hydrogens (primary N) is 1. The number of aromatic nitrogens is 3. The highest BCUT2D eigenvalue weighted by Crippen LogP contribution is 2.50. The Hall–Kier alpha value is -3.55. The number of alkyl halides is 1. The van der Waals surface area contributed by atoms with Gasteiger partial charge in [0.1, 0.15) is 22.9 Å². The minimum Gasteiger partial charge on any atom is -0.436 e. The van der Waals surface area contributed by atoms with Crippen LogP contribution in [0.15, 0.2) is 47.1 Å². The fraction of sp³-hybridized carbons (Fsp3) is 0.200. The van der Waals surface area contributed by atoms with Gasteiger partial charge in [-0.1, -0.05) is 12.1 Å². The van der Waals surface area contributed by atoms with Gasteiger partial charge in [0.25, 0.3) is 0 Å². The van der Waals surface area contributed by atoms with Crippen LogP contribution in [0.4, 0.5) is 10.2 Å². The highest BCUT2D eigenvalue weighted by Gasteiger charge is 2.62. The SMILES string of the molecule is [2H]C([2H])([2H])Nc1ncc(-c2nc3ccccc3o2)c2cc(C3(C(N)=O)CC3F)ncc12. The van der Waals surface area contributed by atoms with Gasteiger partial charge in [-0.05, 0) is 18.2 Å². The van der Waals surface area contributed by atoms with E-state index in [9.17, 15) is 9.18 Å². The molecular weight excluding hydrogens is 361 g/mol. The standard InChI is InChI=1S/C20H16FN5O2/c1-23-17-11-8-24-16(20(19(22)27)7-15(20)21)6-10(11)12(9-25-17)18-26-13-4-2-3-5-14(13)28-18/h2-6,8-9,15H,7H2,1H3,(H2,22,27)(H,23,25)/i1D3. The number of rotatable bonds is 4. The van der Waals surface area contributed by atoms with E-state index in [0.717, 1.165) is 0 Å². The number of carbonyl (C=O) groups is 1. The molecule has 7 nitrogen and oxygen atoms in total. The average Bonchev–Trinajstić information content (AvgIpc) is 3.22. The van der Waals surface area contributed by atoms with E-state index in [-0.39, 0.29) is 23.8 Å². The molecule has 2 unspecified atom stereocenters. The fourth-order valence-corrected chi connectivity index (χ4v) is 3.51. The molecule has 3 N–H and O–H groups in total. The maximum absolute atomic E-state index is 14.2. The molecule has 2 atom stereocenters. The molecule has 0 spiro atoms. The van der Waals surface area contributed by atoms with Gasteiger partial charge in [0, 0.05) is 40.7 Å². The summed E-state index contributed by atoms with van der Waals surface area (Å²) in [6.45, 7) is -2.49. The number of para-hydroxylation sites is 2. The summed E-state index contributed by atoms with van der Waals surface area (Å²) in [7, 11) is 0. The predicted molar refractivity (Wildman–Crippen MR) is 102 cm³/mol. The molecule has 140 valence electrons. The molecule has 3 aromatic heterocycles. The number of halogens is 1. The third-order valence-corrected chi connectivity index (χ3v) is 5.19. The Balaban J connectivity index is 1.75. The lowest BCUT2D eigenvalue weighted by Gasteiger charge is -2.13. The number of anilines is 1. The Morgan fingerprint density at radius 3 is 2.89 bits per heavy atom. The zero-order valence-corrected chi connectivity index (χ0v) is 14.4. The van der Waals surface area contributed by atoms with Crippen LogP contribution in [-0.4, -0.2) is 34.0 Å². The molecule has 1 aliphatic carbocycles. The van der Waals surface area contributed by atoms with E-state index in [1.807, 2.05) is 12.1 Å². The number of nitrogens with zero attached hydrogens (tertiary/aromatic N) is 3. The Morgan fingerprint density at radius 2 is 2.18 bits per heavy atom. The van der Waals surface area contributed by atoms with Crippen molar-refractivity contribution in [2.45, 2.75) is 18.0 Å². The van der Waals surface area contributed by atoms with Gasteiger partial charge in [-0.25, -0.2) is 14.4 Å². The molecule has 1 fully saturated rings. The minimum absolute atomic E-state index is 0.0511. The number of carbonyl (C=O) groups excluding carboxylic acids is 1. The van der Waals surface area contributed by atoms with Crippen molar-refractivity contribution in [2.75, 3.05) is 12.3 Å². The molecule has 8 heteroatoms. The second-order valence-electron chi connectivity index (χ2n) is 6.75. The predicted octanol–water partition coefficient (Wildman–Crippen LogP) is 2.94. The van der Waals surface area contributed by atoms with Crippen LogP contribution in [0.3, 0.4) is 0 Å². The first-order chi connectivity index (χ1) is 14.7. The van der Waals surface area contributed by atoms with Crippen LogP contribution in [0.1, 0.15) is 16.2 Å². The second-order valence-corrected chi connectivity index (χ2v) is 6.75. The molecule has 1 aliphatic rings. The number of primary amides is 1. The van der Waals surface area contributed by atoms with Crippen molar-refractivity contribution >= 4 is 33.6 Å². The van der Waals surface area contributed by atoms with Crippen LogP contribution < -0.4 is 11.1 Å². The number of hydrogen-bond acceptors (Lipinski definition) is 6. The molecule has 1 saturated carbocycles. The van der Waals surface area contributed by atoms with Crippen LogP contribution in [0.25, 0.3) is 33.3 Å². The first-order valence-corrected chi connectivity index (χ1v) is 8.56. The maximum Gasteiger partial charge on any atom is 0.232 e. The number of nitrogens with one attached hydrogen (secondary N) is 1. The van der Waals surface area contributed by atoms with Crippen LogP contribution in [0.5, 0.6) is 0 Å². The Labute approximate surface area is 163 Å². The third-order valence-electron chi connectivity index (χ3n) is 5.19.